The van der Waals surface area contributed by atoms with Crippen molar-refractivity contribution in [3.63, 3.8) is 0 Å². The summed E-state index contributed by atoms with van der Waals surface area (Å²) in [5.41, 5.74) is 0.836. The lowest BCUT2D eigenvalue weighted by atomic mass is 10.1. The van der Waals surface area contributed by atoms with Crippen LogP contribution < -0.4 is 5.32 Å². The number of nitrogens with one attached hydrogen (secondary N) is 1. The molecule has 1 amide bonds. The number of rotatable bonds is 4. The van der Waals surface area contributed by atoms with Gasteiger partial charge in [-0.2, -0.15) is 0 Å². The van der Waals surface area contributed by atoms with E-state index in [-0.39, 0.29) is 10.1 Å². The molecule has 1 heterocycles. The first-order chi connectivity index (χ1) is 9.29. The van der Waals surface area contributed by atoms with Gasteiger partial charge in [0.25, 0.3) is 15.0 Å². The van der Waals surface area contributed by atoms with Crippen molar-refractivity contribution in [3.8, 4) is 0 Å². The van der Waals surface area contributed by atoms with Crippen molar-refractivity contribution in [1.29, 1.82) is 0 Å². The van der Waals surface area contributed by atoms with Crippen molar-refractivity contribution in [2.45, 2.75) is 37.3 Å². The molecule has 1 fully saturated rings. The highest BCUT2D eigenvalue weighted by atomic mass is 35.7. The van der Waals surface area contributed by atoms with Crippen LogP contribution in [0.15, 0.2) is 9.59 Å². The highest BCUT2D eigenvalue weighted by molar-refractivity contribution is 8.15. The Morgan fingerprint density at radius 2 is 2.20 bits per heavy atom. The fourth-order valence-corrected chi connectivity index (χ4v) is 5.26. The maximum absolute atomic E-state index is 12.1. The minimum atomic E-state index is -3.77. The van der Waals surface area contributed by atoms with E-state index in [1.807, 2.05) is 0 Å². The Morgan fingerprint density at radius 3 is 2.70 bits per heavy atom. The van der Waals surface area contributed by atoms with Crippen LogP contribution in [0.1, 0.15) is 42.1 Å². The molecule has 2 atom stereocenters. The number of hydrogen-bond acceptors (Lipinski definition) is 4. The fraction of sp³-hybridized carbons (Fsp3) is 0.615. The van der Waals surface area contributed by atoms with E-state index in [1.165, 1.54) is 6.42 Å². The predicted molar refractivity (Wildman–Crippen MR) is 80.9 cm³/mol. The van der Waals surface area contributed by atoms with E-state index in [0.717, 1.165) is 30.1 Å². The molecule has 1 aromatic rings. The second-order valence-corrected chi connectivity index (χ2v) is 9.13. The number of amides is 1. The summed E-state index contributed by atoms with van der Waals surface area (Å²) >= 11 is 0.989. The Kier molecular flexibility index (Phi) is 4.76. The van der Waals surface area contributed by atoms with Crippen LogP contribution in [0.2, 0.25) is 0 Å². The molecule has 0 spiro atoms. The van der Waals surface area contributed by atoms with Gasteiger partial charge in [-0.15, -0.1) is 11.3 Å². The van der Waals surface area contributed by atoms with Gasteiger partial charge in [0.15, 0.2) is 0 Å². The summed E-state index contributed by atoms with van der Waals surface area (Å²) in [5, 5.41) is 4.45. The van der Waals surface area contributed by atoms with Crippen molar-refractivity contribution >= 4 is 37.0 Å². The lowest BCUT2D eigenvalue weighted by Crippen LogP contribution is -2.28. The van der Waals surface area contributed by atoms with E-state index < -0.39 is 9.05 Å². The SMILES string of the molecule is Cc1c(C(=O)NCC2CCC(C)C2)csc1S(=O)(=O)Cl. The molecule has 20 heavy (non-hydrogen) atoms. The molecule has 1 aliphatic carbocycles. The molecule has 2 unspecified atom stereocenters. The number of halogens is 1. The molecule has 0 bridgehead atoms. The summed E-state index contributed by atoms with van der Waals surface area (Å²) in [6.07, 6.45) is 3.50. The highest BCUT2D eigenvalue weighted by Crippen LogP contribution is 2.31. The first-order valence-electron chi connectivity index (χ1n) is 6.60. The largest absolute Gasteiger partial charge is 0.352 e. The van der Waals surface area contributed by atoms with E-state index in [1.54, 1.807) is 12.3 Å². The lowest BCUT2D eigenvalue weighted by Gasteiger charge is -2.11. The van der Waals surface area contributed by atoms with Crippen LogP contribution >= 0.6 is 22.0 Å². The zero-order valence-corrected chi connectivity index (χ0v) is 13.9. The zero-order chi connectivity index (χ0) is 14.9. The van der Waals surface area contributed by atoms with Gasteiger partial charge in [0.1, 0.15) is 4.21 Å². The van der Waals surface area contributed by atoms with Gasteiger partial charge >= 0.3 is 0 Å². The van der Waals surface area contributed by atoms with E-state index in [2.05, 4.69) is 12.2 Å². The first-order valence-corrected chi connectivity index (χ1v) is 9.79. The molecule has 0 saturated heterocycles. The standard InChI is InChI=1S/C13H18ClNO3S2/c1-8-3-4-10(5-8)6-15-12(16)11-7-19-13(9(11)2)20(14,17)18/h7-8,10H,3-6H2,1-2H3,(H,15,16). The van der Waals surface area contributed by atoms with Gasteiger partial charge in [-0.1, -0.05) is 13.3 Å². The third-order valence-corrected chi connectivity index (χ3v) is 7.12. The highest BCUT2D eigenvalue weighted by Gasteiger charge is 2.24. The lowest BCUT2D eigenvalue weighted by molar-refractivity contribution is 0.0947. The average Bonchev–Trinajstić information content (AvgIpc) is 2.91. The summed E-state index contributed by atoms with van der Waals surface area (Å²) in [7, 11) is 1.56. The number of thiophene rings is 1. The Balaban J connectivity index is 2.01. The molecule has 4 nitrogen and oxygen atoms in total. The van der Waals surface area contributed by atoms with Crippen LogP contribution in [-0.4, -0.2) is 20.9 Å². The van der Waals surface area contributed by atoms with Gasteiger partial charge in [0, 0.05) is 22.6 Å². The second kappa shape index (κ2) is 6.03. The van der Waals surface area contributed by atoms with Gasteiger partial charge in [0.2, 0.25) is 0 Å². The summed E-state index contributed by atoms with van der Waals surface area (Å²) in [5.74, 6) is 1.04. The number of carbonyl (C=O) groups excluding carboxylic acids is 1. The summed E-state index contributed by atoms with van der Waals surface area (Å²) in [4.78, 5) is 12.1. The second-order valence-electron chi connectivity index (χ2n) is 5.49. The van der Waals surface area contributed by atoms with Crippen LogP contribution in [0.3, 0.4) is 0 Å². The smallest absolute Gasteiger partial charge is 0.271 e. The van der Waals surface area contributed by atoms with E-state index >= 15 is 0 Å². The van der Waals surface area contributed by atoms with Gasteiger partial charge in [-0.05, 0) is 37.2 Å². The molecular formula is C13H18ClNO3S2. The van der Waals surface area contributed by atoms with Crippen LogP contribution in [0.4, 0.5) is 0 Å². The molecule has 0 radical (unpaired) electrons. The van der Waals surface area contributed by atoms with Gasteiger partial charge in [-0.25, -0.2) is 8.42 Å². The van der Waals surface area contributed by atoms with E-state index in [4.69, 9.17) is 10.7 Å². The number of carbonyl (C=O) groups is 1. The van der Waals surface area contributed by atoms with Gasteiger partial charge in [-0.3, -0.25) is 4.79 Å². The van der Waals surface area contributed by atoms with Crippen LogP contribution in [-0.2, 0) is 9.05 Å². The molecule has 7 heteroatoms. The third-order valence-electron chi connectivity index (χ3n) is 3.81. The van der Waals surface area contributed by atoms with Crippen LogP contribution in [0, 0.1) is 18.8 Å². The molecule has 1 N–H and O–H groups in total. The van der Waals surface area contributed by atoms with Gasteiger partial charge in [0.05, 0.1) is 5.56 Å². The van der Waals surface area contributed by atoms with Crippen molar-refractivity contribution in [3.05, 3.63) is 16.5 Å². The van der Waals surface area contributed by atoms with Crippen molar-refractivity contribution < 1.29 is 13.2 Å². The van der Waals surface area contributed by atoms with Crippen LogP contribution in [0.5, 0.6) is 0 Å². The van der Waals surface area contributed by atoms with Crippen LogP contribution in [0.25, 0.3) is 0 Å². The predicted octanol–water partition coefficient (Wildman–Crippen LogP) is 3.15. The van der Waals surface area contributed by atoms with E-state index in [0.29, 0.717) is 23.6 Å². The normalized spacial score (nSPS) is 22.9. The minimum absolute atomic E-state index is 0.0544. The Morgan fingerprint density at radius 1 is 1.50 bits per heavy atom. The minimum Gasteiger partial charge on any atom is -0.352 e. The average molecular weight is 336 g/mol. The molecule has 2 rings (SSSR count). The monoisotopic (exact) mass is 335 g/mol. The van der Waals surface area contributed by atoms with Crippen molar-refractivity contribution in [2.24, 2.45) is 11.8 Å². The Bertz CT molecular complexity index is 609. The fourth-order valence-electron chi connectivity index (χ4n) is 2.71. The molecule has 1 aliphatic rings. The quantitative estimate of drug-likeness (QED) is 0.860. The molecule has 0 aromatic carbocycles. The van der Waals surface area contributed by atoms with E-state index in [9.17, 15) is 13.2 Å². The van der Waals surface area contributed by atoms with Gasteiger partial charge < -0.3 is 5.32 Å². The maximum Gasteiger partial charge on any atom is 0.271 e. The molecule has 112 valence electrons. The summed E-state index contributed by atoms with van der Waals surface area (Å²) < 4.78 is 22.7. The number of hydrogen-bond donors (Lipinski definition) is 1. The maximum atomic E-state index is 12.1. The third kappa shape index (κ3) is 3.54. The first kappa shape index (κ1) is 15.8. The topological polar surface area (TPSA) is 63.2 Å². The molecule has 0 aliphatic heterocycles. The molecule has 1 saturated carbocycles. The summed E-state index contributed by atoms with van der Waals surface area (Å²) in [6, 6.07) is 0. The Hall–Kier alpha value is -0.590. The molecule has 1 aromatic heterocycles. The van der Waals surface area contributed by atoms with Crippen molar-refractivity contribution in [2.75, 3.05) is 6.54 Å². The summed E-state index contributed by atoms with van der Waals surface area (Å²) in [6.45, 7) is 4.49. The zero-order valence-electron chi connectivity index (χ0n) is 11.5. The molecular weight excluding hydrogens is 318 g/mol. The van der Waals surface area contributed by atoms with Crippen molar-refractivity contribution in [1.82, 2.24) is 5.32 Å². The Labute approximate surface area is 127 Å².